The second-order valence-electron chi connectivity index (χ2n) is 5.19. The fourth-order valence-corrected chi connectivity index (χ4v) is 2.64. The van der Waals surface area contributed by atoms with Gasteiger partial charge in [0.25, 0.3) is 0 Å². The first-order chi connectivity index (χ1) is 8.61. The Kier molecular flexibility index (Phi) is 4.38. The molecule has 1 fully saturated rings. The minimum Gasteiger partial charge on any atom is -0.374 e. The van der Waals surface area contributed by atoms with Crippen molar-refractivity contribution in [2.45, 2.75) is 32.9 Å². The van der Waals surface area contributed by atoms with Crippen molar-refractivity contribution in [3.8, 4) is 0 Å². The van der Waals surface area contributed by atoms with Crippen LogP contribution in [0.3, 0.4) is 0 Å². The van der Waals surface area contributed by atoms with Gasteiger partial charge in [0.2, 0.25) is 0 Å². The lowest BCUT2D eigenvalue weighted by Gasteiger charge is -2.35. The van der Waals surface area contributed by atoms with Gasteiger partial charge in [0.15, 0.2) is 0 Å². The molecule has 1 aromatic rings. The van der Waals surface area contributed by atoms with Gasteiger partial charge in [0, 0.05) is 13.1 Å². The first-order valence-electron chi connectivity index (χ1n) is 6.78. The molecule has 0 aliphatic carbocycles. The summed E-state index contributed by atoms with van der Waals surface area (Å²) in [4.78, 5) is 2.40. The van der Waals surface area contributed by atoms with Gasteiger partial charge >= 0.3 is 0 Å². The second kappa shape index (κ2) is 5.83. The second-order valence-corrected chi connectivity index (χ2v) is 5.19. The van der Waals surface area contributed by atoms with E-state index in [2.05, 4.69) is 43.9 Å². The summed E-state index contributed by atoms with van der Waals surface area (Å²) in [6, 6.07) is 6.43. The van der Waals surface area contributed by atoms with E-state index in [0.29, 0.717) is 0 Å². The maximum absolute atomic E-state index is 6.39. The van der Waals surface area contributed by atoms with Crippen LogP contribution in [0.25, 0.3) is 0 Å². The van der Waals surface area contributed by atoms with Gasteiger partial charge in [0.05, 0.1) is 18.8 Å². The molecule has 2 rings (SSSR count). The van der Waals surface area contributed by atoms with E-state index >= 15 is 0 Å². The lowest BCUT2D eigenvalue weighted by atomic mass is 9.95. The highest BCUT2D eigenvalue weighted by Gasteiger charge is 2.26. The molecule has 1 saturated heterocycles. The molecule has 0 bridgehead atoms. The molecule has 0 radical (unpaired) electrons. The molecule has 0 saturated carbocycles. The molecule has 1 heterocycles. The van der Waals surface area contributed by atoms with Crippen LogP contribution in [0.5, 0.6) is 0 Å². The van der Waals surface area contributed by atoms with Crippen molar-refractivity contribution < 1.29 is 4.74 Å². The maximum atomic E-state index is 6.39. The first kappa shape index (κ1) is 13.5. The number of rotatable bonds is 3. The summed E-state index contributed by atoms with van der Waals surface area (Å²) in [5.74, 6) is 0. The Hall–Kier alpha value is -0.900. The first-order valence-corrected chi connectivity index (χ1v) is 6.78. The topological polar surface area (TPSA) is 38.5 Å². The highest BCUT2D eigenvalue weighted by Crippen LogP contribution is 2.23. The van der Waals surface area contributed by atoms with Crippen molar-refractivity contribution >= 4 is 0 Å². The average molecular weight is 248 g/mol. The fourth-order valence-electron chi connectivity index (χ4n) is 2.64. The Bertz CT molecular complexity index is 405. The molecular formula is C15H24N2O. The zero-order valence-electron chi connectivity index (χ0n) is 11.6. The van der Waals surface area contributed by atoms with Crippen molar-refractivity contribution in [2.24, 2.45) is 5.73 Å². The summed E-state index contributed by atoms with van der Waals surface area (Å²) >= 11 is 0. The molecular weight excluding hydrogens is 224 g/mol. The van der Waals surface area contributed by atoms with Crippen LogP contribution in [0.2, 0.25) is 0 Å². The van der Waals surface area contributed by atoms with Gasteiger partial charge in [-0.25, -0.2) is 0 Å². The molecule has 1 aliphatic rings. The third-order valence-corrected chi connectivity index (χ3v) is 3.81. The SMILES string of the molecule is CCN1CCOC(C(N)c2ccc(C)cc2C)C1. The van der Waals surface area contributed by atoms with Gasteiger partial charge < -0.3 is 10.5 Å². The minimum atomic E-state index is -0.0278. The van der Waals surface area contributed by atoms with Gasteiger partial charge in [-0.05, 0) is 31.5 Å². The number of ether oxygens (including phenoxy) is 1. The smallest absolute Gasteiger partial charge is 0.0894 e. The van der Waals surface area contributed by atoms with Crippen LogP contribution < -0.4 is 5.73 Å². The molecule has 100 valence electrons. The summed E-state index contributed by atoms with van der Waals surface area (Å²) < 4.78 is 5.84. The molecule has 2 unspecified atom stereocenters. The van der Waals surface area contributed by atoms with Gasteiger partial charge in [-0.1, -0.05) is 30.7 Å². The molecule has 2 N–H and O–H groups in total. The zero-order chi connectivity index (χ0) is 13.1. The van der Waals surface area contributed by atoms with Crippen molar-refractivity contribution in [1.29, 1.82) is 0 Å². The fraction of sp³-hybridized carbons (Fsp3) is 0.600. The van der Waals surface area contributed by atoms with E-state index in [9.17, 15) is 0 Å². The third kappa shape index (κ3) is 2.91. The Morgan fingerprint density at radius 2 is 2.22 bits per heavy atom. The molecule has 1 aromatic carbocycles. The molecule has 0 aromatic heterocycles. The molecule has 3 heteroatoms. The predicted molar refractivity (Wildman–Crippen MR) is 74.7 cm³/mol. The van der Waals surface area contributed by atoms with Gasteiger partial charge in [0.1, 0.15) is 0 Å². The van der Waals surface area contributed by atoms with Crippen LogP contribution in [-0.2, 0) is 4.74 Å². The predicted octanol–water partition coefficient (Wildman–Crippen LogP) is 2.02. The van der Waals surface area contributed by atoms with E-state index in [4.69, 9.17) is 10.5 Å². The number of benzene rings is 1. The van der Waals surface area contributed by atoms with Crippen LogP contribution in [0.4, 0.5) is 0 Å². The Labute approximate surface area is 110 Å². The summed E-state index contributed by atoms with van der Waals surface area (Å²) in [6.45, 7) is 10.2. The molecule has 3 nitrogen and oxygen atoms in total. The van der Waals surface area contributed by atoms with E-state index < -0.39 is 0 Å². The Balaban J connectivity index is 2.12. The number of likely N-dealkylation sites (N-methyl/N-ethyl adjacent to an activating group) is 1. The number of aryl methyl sites for hydroxylation is 2. The number of nitrogens with zero attached hydrogens (tertiary/aromatic N) is 1. The van der Waals surface area contributed by atoms with E-state index in [0.717, 1.165) is 26.2 Å². The van der Waals surface area contributed by atoms with Crippen LogP contribution in [0, 0.1) is 13.8 Å². The highest BCUT2D eigenvalue weighted by atomic mass is 16.5. The zero-order valence-corrected chi connectivity index (χ0v) is 11.6. The maximum Gasteiger partial charge on any atom is 0.0894 e. The van der Waals surface area contributed by atoms with Crippen LogP contribution in [0.1, 0.15) is 29.7 Å². The van der Waals surface area contributed by atoms with Crippen molar-refractivity contribution in [3.63, 3.8) is 0 Å². The van der Waals surface area contributed by atoms with Crippen LogP contribution in [-0.4, -0.2) is 37.2 Å². The number of hydrogen-bond acceptors (Lipinski definition) is 3. The molecule has 0 spiro atoms. The third-order valence-electron chi connectivity index (χ3n) is 3.81. The molecule has 1 aliphatic heterocycles. The van der Waals surface area contributed by atoms with Gasteiger partial charge in [-0.3, -0.25) is 4.90 Å². The largest absolute Gasteiger partial charge is 0.374 e. The van der Waals surface area contributed by atoms with E-state index in [-0.39, 0.29) is 12.1 Å². The summed E-state index contributed by atoms with van der Waals surface area (Å²) in [5, 5.41) is 0. The number of morpholine rings is 1. The van der Waals surface area contributed by atoms with Gasteiger partial charge in [-0.2, -0.15) is 0 Å². The minimum absolute atomic E-state index is 0.0278. The lowest BCUT2D eigenvalue weighted by Crippen LogP contribution is -2.46. The Morgan fingerprint density at radius 3 is 2.89 bits per heavy atom. The Morgan fingerprint density at radius 1 is 1.44 bits per heavy atom. The molecule has 18 heavy (non-hydrogen) atoms. The normalized spacial score (nSPS) is 23.0. The van der Waals surface area contributed by atoms with E-state index in [1.54, 1.807) is 0 Å². The summed E-state index contributed by atoms with van der Waals surface area (Å²) in [7, 11) is 0. The quantitative estimate of drug-likeness (QED) is 0.889. The lowest BCUT2D eigenvalue weighted by molar-refractivity contribution is -0.0393. The summed E-state index contributed by atoms with van der Waals surface area (Å²) in [6.07, 6.45) is 0.111. The summed E-state index contributed by atoms with van der Waals surface area (Å²) in [5.41, 5.74) is 10.1. The van der Waals surface area contributed by atoms with Crippen molar-refractivity contribution in [2.75, 3.05) is 26.2 Å². The number of hydrogen-bond donors (Lipinski definition) is 1. The highest BCUT2D eigenvalue weighted by molar-refractivity contribution is 5.33. The van der Waals surface area contributed by atoms with E-state index in [1.807, 2.05) is 0 Å². The van der Waals surface area contributed by atoms with E-state index in [1.165, 1.54) is 16.7 Å². The van der Waals surface area contributed by atoms with Gasteiger partial charge in [-0.15, -0.1) is 0 Å². The molecule has 0 amide bonds. The molecule has 2 atom stereocenters. The van der Waals surface area contributed by atoms with Crippen molar-refractivity contribution in [3.05, 3.63) is 34.9 Å². The van der Waals surface area contributed by atoms with Crippen LogP contribution in [0.15, 0.2) is 18.2 Å². The van der Waals surface area contributed by atoms with Crippen molar-refractivity contribution in [1.82, 2.24) is 4.90 Å². The number of nitrogens with two attached hydrogens (primary N) is 1. The van der Waals surface area contributed by atoms with Crippen LogP contribution >= 0.6 is 0 Å². The standard InChI is InChI=1S/C15H24N2O/c1-4-17-7-8-18-14(10-17)15(16)13-6-5-11(2)9-12(13)3/h5-6,9,14-15H,4,7-8,10,16H2,1-3H3. The monoisotopic (exact) mass is 248 g/mol. The average Bonchev–Trinajstić information content (AvgIpc) is 2.38.